The highest BCUT2D eigenvalue weighted by Crippen LogP contribution is 2.14. The number of ether oxygens (including phenoxy) is 1. The van der Waals surface area contributed by atoms with Crippen molar-refractivity contribution in [1.82, 2.24) is 9.88 Å². The summed E-state index contributed by atoms with van der Waals surface area (Å²) in [6, 6.07) is 0.476. The molecule has 0 N–H and O–H groups in total. The summed E-state index contributed by atoms with van der Waals surface area (Å²) in [5.74, 6) is -0.443. The number of esters is 1. The van der Waals surface area contributed by atoms with Gasteiger partial charge in [-0.1, -0.05) is 0 Å². The monoisotopic (exact) mass is 269 g/mol. The number of hydrogen-bond acceptors (Lipinski definition) is 6. The fourth-order valence-corrected chi connectivity index (χ4v) is 1.68. The van der Waals surface area contributed by atoms with Crippen molar-refractivity contribution in [2.75, 3.05) is 45.2 Å². The smallest absolute Gasteiger partial charge is 0.360 e. The van der Waals surface area contributed by atoms with Gasteiger partial charge in [0.1, 0.15) is 6.26 Å². The van der Waals surface area contributed by atoms with Crippen molar-refractivity contribution < 1.29 is 13.9 Å². The molecule has 0 aliphatic heterocycles. The van der Waals surface area contributed by atoms with Gasteiger partial charge in [0, 0.05) is 13.1 Å². The fraction of sp³-hybridized carbons (Fsp3) is 0.692. The van der Waals surface area contributed by atoms with Crippen LogP contribution in [0.4, 0.5) is 6.01 Å². The van der Waals surface area contributed by atoms with E-state index in [-0.39, 0.29) is 5.69 Å². The van der Waals surface area contributed by atoms with Crippen LogP contribution >= 0.6 is 0 Å². The van der Waals surface area contributed by atoms with Crippen molar-refractivity contribution in [3.63, 3.8) is 0 Å². The van der Waals surface area contributed by atoms with Crippen molar-refractivity contribution in [2.24, 2.45) is 0 Å². The molecule has 19 heavy (non-hydrogen) atoms. The molecule has 1 aromatic rings. The summed E-state index contributed by atoms with van der Waals surface area (Å²) >= 11 is 0. The molecule has 0 unspecified atom stereocenters. The molecule has 1 rings (SSSR count). The molecule has 0 saturated carbocycles. The molecule has 0 aliphatic carbocycles. The first kappa shape index (κ1) is 15.5. The predicted molar refractivity (Wildman–Crippen MR) is 73.5 cm³/mol. The van der Waals surface area contributed by atoms with Crippen LogP contribution in [0.1, 0.15) is 30.8 Å². The van der Waals surface area contributed by atoms with Crippen LogP contribution in [0.2, 0.25) is 0 Å². The summed E-state index contributed by atoms with van der Waals surface area (Å²) in [6.45, 7) is 6.76. The van der Waals surface area contributed by atoms with Crippen molar-refractivity contribution in [2.45, 2.75) is 20.3 Å². The number of hydrogen-bond donors (Lipinski definition) is 0. The summed E-state index contributed by atoms with van der Waals surface area (Å²) in [5.41, 5.74) is 0.225. The van der Waals surface area contributed by atoms with Crippen LogP contribution in [0.3, 0.4) is 0 Å². The van der Waals surface area contributed by atoms with E-state index in [1.807, 2.05) is 25.9 Å². The molecule has 0 aliphatic rings. The number of aromatic nitrogens is 1. The van der Waals surface area contributed by atoms with Crippen LogP contribution in [0.15, 0.2) is 10.7 Å². The van der Waals surface area contributed by atoms with Crippen LogP contribution in [-0.4, -0.2) is 56.2 Å². The van der Waals surface area contributed by atoms with Crippen LogP contribution in [0.25, 0.3) is 0 Å². The lowest BCUT2D eigenvalue weighted by atomic mass is 10.3. The second-order valence-corrected chi connectivity index (χ2v) is 4.47. The van der Waals surface area contributed by atoms with Gasteiger partial charge >= 0.3 is 5.97 Å². The quantitative estimate of drug-likeness (QED) is 0.669. The Balaban J connectivity index is 2.58. The van der Waals surface area contributed by atoms with Gasteiger partial charge in [-0.15, -0.1) is 0 Å². The Bertz CT molecular complexity index is 390. The zero-order valence-corrected chi connectivity index (χ0v) is 12.2. The maximum atomic E-state index is 11.5. The average Bonchev–Trinajstić information content (AvgIpc) is 2.84. The highest BCUT2D eigenvalue weighted by Gasteiger charge is 2.16. The second kappa shape index (κ2) is 7.78. The van der Waals surface area contributed by atoms with Crippen molar-refractivity contribution >= 4 is 12.0 Å². The lowest BCUT2D eigenvalue weighted by molar-refractivity contribution is 0.0519. The van der Waals surface area contributed by atoms with E-state index in [1.165, 1.54) is 6.26 Å². The van der Waals surface area contributed by atoms with E-state index in [0.717, 1.165) is 26.1 Å². The molecule has 0 radical (unpaired) electrons. The second-order valence-electron chi connectivity index (χ2n) is 4.47. The van der Waals surface area contributed by atoms with Crippen LogP contribution in [0, 0.1) is 0 Å². The normalized spacial score (nSPS) is 10.8. The van der Waals surface area contributed by atoms with Crippen LogP contribution in [-0.2, 0) is 4.74 Å². The SMILES string of the molecule is CCOC(=O)c1coc(N(CC)CCCN(C)C)n1. The Labute approximate surface area is 114 Å². The maximum Gasteiger partial charge on any atom is 0.360 e. The Morgan fingerprint density at radius 2 is 2.11 bits per heavy atom. The summed E-state index contributed by atoms with van der Waals surface area (Å²) in [4.78, 5) is 19.8. The van der Waals surface area contributed by atoms with Gasteiger partial charge in [-0.05, 0) is 40.9 Å². The topological polar surface area (TPSA) is 58.8 Å². The number of anilines is 1. The third-order valence-electron chi connectivity index (χ3n) is 2.66. The first-order valence-electron chi connectivity index (χ1n) is 6.60. The van der Waals surface area contributed by atoms with Gasteiger partial charge in [0.2, 0.25) is 0 Å². The molecule has 0 saturated heterocycles. The number of nitrogens with zero attached hydrogens (tertiary/aromatic N) is 3. The molecule has 0 aromatic carbocycles. The third-order valence-corrected chi connectivity index (χ3v) is 2.66. The van der Waals surface area contributed by atoms with E-state index in [2.05, 4.69) is 9.88 Å². The minimum Gasteiger partial charge on any atom is -0.461 e. The molecule has 108 valence electrons. The van der Waals surface area contributed by atoms with Crippen LogP contribution in [0.5, 0.6) is 0 Å². The largest absolute Gasteiger partial charge is 0.461 e. The van der Waals surface area contributed by atoms with E-state index in [1.54, 1.807) is 6.92 Å². The summed E-state index contributed by atoms with van der Waals surface area (Å²) < 4.78 is 10.2. The summed E-state index contributed by atoms with van der Waals surface area (Å²) in [7, 11) is 4.08. The first-order chi connectivity index (χ1) is 9.08. The standard InChI is InChI=1S/C13H23N3O3/c1-5-16(9-7-8-15(3)4)13-14-11(10-19-13)12(17)18-6-2/h10H,5-9H2,1-4H3. The molecule has 1 aromatic heterocycles. The van der Waals surface area contributed by atoms with E-state index in [4.69, 9.17) is 9.15 Å². The third kappa shape index (κ3) is 4.90. The molecule has 0 fully saturated rings. The Kier molecular flexibility index (Phi) is 6.35. The van der Waals surface area contributed by atoms with Gasteiger partial charge in [0.15, 0.2) is 5.69 Å². The van der Waals surface area contributed by atoms with Gasteiger partial charge in [0.25, 0.3) is 6.01 Å². The minimum atomic E-state index is -0.443. The van der Waals surface area contributed by atoms with Gasteiger partial charge < -0.3 is 19.0 Å². The minimum absolute atomic E-state index is 0.225. The van der Waals surface area contributed by atoms with E-state index < -0.39 is 5.97 Å². The average molecular weight is 269 g/mol. The lowest BCUT2D eigenvalue weighted by Gasteiger charge is -2.19. The highest BCUT2D eigenvalue weighted by molar-refractivity contribution is 5.87. The molecular weight excluding hydrogens is 246 g/mol. The molecule has 1 heterocycles. The van der Waals surface area contributed by atoms with Gasteiger partial charge in [-0.25, -0.2) is 4.79 Å². The maximum absolute atomic E-state index is 11.5. The molecule has 0 atom stereocenters. The zero-order valence-electron chi connectivity index (χ0n) is 12.2. The molecule has 0 spiro atoms. The Hall–Kier alpha value is -1.56. The van der Waals surface area contributed by atoms with Gasteiger partial charge in [-0.2, -0.15) is 4.98 Å². The van der Waals surface area contributed by atoms with E-state index in [9.17, 15) is 4.79 Å². The van der Waals surface area contributed by atoms with Crippen molar-refractivity contribution in [3.05, 3.63) is 12.0 Å². The van der Waals surface area contributed by atoms with Gasteiger partial charge in [0.05, 0.1) is 6.61 Å². The summed E-state index contributed by atoms with van der Waals surface area (Å²) in [6.07, 6.45) is 2.36. The highest BCUT2D eigenvalue weighted by atomic mass is 16.5. The Morgan fingerprint density at radius 3 is 2.68 bits per heavy atom. The number of carbonyl (C=O) groups is 1. The Morgan fingerprint density at radius 1 is 1.37 bits per heavy atom. The molecule has 6 heteroatoms. The number of rotatable bonds is 8. The van der Waals surface area contributed by atoms with E-state index in [0.29, 0.717) is 12.6 Å². The van der Waals surface area contributed by atoms with Crippen LogP contribution < -0.4 is 4.90 Å². The predicted octanol–water partition coefficient (Wildman–Crippen LogP) is 1.63. The molecule has 6 nitrogen and oxygen atoms in total. The van der Waals surface area contributed by atoms with Crippen molar-refractivity contribution in [3.8, 4) is 0 Å². The first-order valence-corrected chi connectivity index (χ1v) is 6.60. The molecular formula is C13H23N3O3. The molecule has 0 bridgehead atoms. The number of oxazole rings is 1. The fourth-order valence-electron chi connectivity index (χ4n) is 1.68. The van der Waals surface area contributed by atoms with Gasteiger partial charge in [-0.3, -0.25) is 0 Å². The molecule has 0 amide bonds. The summed E-state index contributed by atoms with van der Waals surface area (Å²) in [5, 5.41) is 0. The number of carbonyl (C=O) groups excluding carboxylic acids is 1. The van der Waals surface area contributed by atoms with E-state index >= 15 is 0 Å². The lowest BCUT2D eigenvalue weighted by Crippen LogP contribution is -2.27. The zero-order chi connectivity index (χ0) is 14.3. The van der Waals surface area contributed by atoms with Crippen molar-refractivity contribution in [1.29, 1.82) is 0 Å².